The summed E-state index contributed by atoms with van der Waals surface area (Å²) in [5.74, 6) is 4.27. The molecule has 0 spiro atoms. The lowest BCUT2D eigenvalue weighted by molar-refractivity contribution is -0.660. The van der Waals surface area contributed by atoms with Gasteiger partial charge in [-0.3, -0.25) is 0 Å². The first kappa shape index (κ1) is 5.76. The van der Waals surface area contributed by atoms with Crippen molar-refractivity contribution in [3.63, 3.8) is 0 Å². The third kappa shape index (κ3) is 1.60. The molecular weight excluding hydrogens is 104 g/mol. The van der Waals surface area contributed by atoms with E-state index in [2.05, 4.69) is 5.84 Å². The van der Waals surface area contributed by atoms with Crippen LogP contribution in [0.1, 0.15) is 0 Å². The molecule has 0 radical (unpaired) electrons. The van der Waals surface area contributed by atoms with Crippen molar-refractivity contribution in [2.45, 2.75) is 0 Å². The van der Waals surface area contributed by atoms with Gasteiger partial charge >= 0.3 is 5.29 Å². The molecule has 0 bridgehead atoms. The predicted octanol–water partition coefficient (Wildman–Crippen LogP) is -0.965. The molecule has 7 heteroatoms. The average molecular weight is 106 g/mol. The van der Waals surface area contributed by atoms with Crippen LogP contribution in [0, 0.1) is 15.0 Å². The van der Waals surface area contributed by atoms with E-state index in [1.807, 2.05) is 0 Å². The SMILES string of the molecule is NN(N=O)[N+](=O)[O-]. The Morgan fingerprint density at radius 2 is 2.29 bits per heavy atom. The summed E-state index contributed by atoms with van der Waals surface area (Å²) < 4.78 is 0. The summed E-state index contributed by atoms with van der Waals surface area (Å²) in [6, 6.07) is 0. The van der Waals surface area contributed by atoms with Crippen LogP contribution in [-0.4, -0.2) is 10.3 Å². The minimum Gasteiger partial charge on any atom is -0.338 e. The lowest BCUT2D eigenvalue weighted by Crippen LogP contribution is -2.30. The number of hydrogen-bond donors (Lipinski definition) is 1. The normalized spacial score (nSPS) is 7.57. The number of nitroso groups, excluding NO2 is 1. The molecule has 2 N–H and O–H groups in total. The largest absolute Gasteiger partial charge is 0.338 e. The van der Waals surface area contributed by atoms with Gasteiger partial charge < -0.3 is 10.1 Å². The van der Waals surface area contributed by atoms with Gasteiger partial charge in [0.25, 0.3) is 0 Å². The second kappa shape index (κ2) is 2.03. The molecular formula is H2N4O3. The summed E-state index contributed by atoms with van der Waals surface area (Å²) in [4.78, 5) is 18.3. The van der Waals surface area contributed by atoms with Gasteiger partial charge in [0, 0.05) is 4.91 Å². The van der Waals surface area contributed by atoms with Gasteiger partial charge in [0.15, 0.2) is 0 Å². The molecule has 0 aliphatic carbocycles. The highest BCUT2D eigenvalue weighted by Gasteiger charge is 2.03. The summed E-state index contributed by atoms with van der Waals surface area (Å²) in [5, 5.41) is 9.43. The third-order valence-electron chi connectivity index (χ3n) is 0.251. The van der Waals surface area contributed by atoms with E-state index >= 15 is 0 Å². The molecule has 7 nitrogen and oxygen atoms in total. The molecule has 0 aromatic rings. The van der Waals surface area contributed by atoms with Crippen molar-refractivity contribution in [3.05, 3.63) is 15.0 Å². The van der Waals surface area contributed by atoms with Crippen LogP contribution in [0.4, 0.5) is 0 Å². The number of rotatable bonds is 2. The Morgan fingerprint density at radius 1 is 1.86 bits per heavy atom. The van der Waals surface area contributed by atoms with Crippen molar-refractivity contribution >= 4 is 0 Å². The minimum absolute atomic E-state index is 0.417. The zero-order valence-corrected chi connectivity index (χ0v) is 3.14. The van der Waals surface area contributed by atoms with E-state index in [9.17, 15) is 10.1 Å². The van der Waals surface area contributed by atoms with Crippen LogP contribution in [0.5, 0.6) is 0 Å². The van der Waals surface area contributed by atoms with Crippen LogP contribution in [0.25, 0.3) is 0 Å². The standard InChI is InChI=1S/H2N4O3/c1-3(2-5)4(6)7/h1H2. The molecule has 40 valence electrons. The fourth-order valence-corrected chi connectivity index (χ4v) is 0.0298. The van der Waals surface area contributed by atoms with Crippen LogP contribution >= 0.6 is 0 Å². The summed E-state index contributed by atoms with van der Waals surface area (Å²) in [5.41, 5.74) is 0. The Hall–Kier alpha value is -1.24. The highest BCUT2D eigenvalue weighted by molar-refractivity contribution is 4.07. The Labute approximate surface area is 37.7 Å². The summed E-state index contributed by atoms with van der Waals surface area (Å²) in [6.45, 7) is 0. The number of hydrogen-bond acceptors (Lipinski definition) is 5. The maximum absolute atomic E-state index is 9.24. The Bertz CT molecular complexity index is 86.9. The smallest absolute Gasteiger partial charge is 0.328 e. The average Bonchev–Trinajstić information content (AvgIpc) is 1.65. The molecule has 0 unspecified atom stereocenters. The monoisotopic (exact) mass is 106 g/mol. The number of nitrogens with zero attached hydrogens (tertiary/aromatic N) is 3. The fourth-order valence-electron chi connectivity index (χ4n) is 0.0298. The first-order chi connectivity index (χ1) is 3.18. The van der Waals surface area contributed by atoms with Crippen LogP contribution in [-0.2, 0) is 0 Å². The van der Waals surface area contributed by atoms with Crippen LogP contribution in [0.3, 0.4) is 0 Å². The highest BCUT2D eigenvalue weighted by Crippen LogP contribution is 1.72. The molecule has 0 aromatic heterocycles. The zero-order chi connectivity index (χ0) is 5.86. The van der Waals surface area contributed by atoms with Gasteiger partial charge in [-0.05, 0) is 0 Å². The molecule has 0 fully saturated rings. The molecule has 0 saturated heterocycles. The van der Waals surface area contributed by atoms with E-state index in [-0.39, 0.29) is 0 Å². The van der Waals surface area contributed by atoms with E-state index in [0.717, 1.165) is 0 Å². The van der Waals surface area contributed by atoms with Gasteiger partial charge in [-0.1, -0.05) is 0 Å². The zero-order valence-electron chi connectivity index (χ0n) is 3.14. The van der Waals surface area contributed by atoms with Crippen molar-refractivity contribution < 1.29 is 5.03 Å². The number of nitrogens with two attached hydrogens (primary N) is 1. The molecule has 0 amide bonds. The Balaban J connectivity index is 3.55. The summed E-state index contributed by atoms with van der Waals surface area (Å²) in [6.07, 6.45) is 0. The summed E-state index contributed by atoms with van der Waals surface area (Å²) >= 11 is 0. The maximum Gasteiger partial charge on any atom is 0.328 e. The molecule has 0 heterocycles. The third-order valence-corrected chi connectivity index (χ3v) is 0.251. The van der Waals surface area contributed by atoms with Crippen LogP contribution in [0.2, 0.25) is 0 Å². The van der Waals surface area contributed by atoms with Gasteiger partial charge in [0.2, 0.25) is 0 Å². The maximum atomic E-state index is 9.24. The van der Waals surface area contributed by atoms with Gasteiger partial charge in [0.05, 0.1) is 5.03 Å². The van der Waals surface area contributed by atoms with Gasteiger partial charge in [-0.25, -0.2) is 0 Å². The van der Waals surface area contributed by atoms with Crippen LogP contribution < -0.4 is 5.84 Å². The molecule has 7 heavy (non-hydrogen) atoms. The lowest BCUT2D eigenvalue weighted by atomic mass is 12.2. The second-order valence-corrected chi connectivity index (χ2v) is 0.640. The van der Waals surface area contributed by atoms with Crippen molar-refractivity contribution in [3.8, 4) is 0 Å². The number of nitro groups is 1. The van der Waals surface area contributed by atoms with Crippen molar-refractivity contribution in [2.24, 2.45) is 11.1 Å². The Kier molecular flexibility index (Phi) is 1.67. The minimum atomic E-state index is -1.15. The predicted molar refractivity (Wildman–Crippen MR) is 18.8 cm³/mol. The topological polar surface area (TPSA) is 102 Å². The van der Waals surface area contributed by atoms with Gasteiger partial charge in [-0.15, -0.1) is 0 Å². The molecule has 0 atom stereocenters. The second-order valence-electron chi connectivity index (χ2n) is 0.640. The fraction of sp³-hybridized carbons (Fsp3) is 0. The number of hydrazine groups is 2. The van der Waals surface area contributed by atoms with E-state index in [1.54, 1.807) is 5.29 Å². The van der Waals surface area contributed by atoms with Crippen molar-refractivity contribution in [1.29, 1.82) is 0 Å². The first-order valence-corrected chi connectivity index (χ1v) is 1.21. The van der Waals surface area contributed by atoms with E-state index in [4.69, 9.17) is 4.91 Å². The highest BCUT2D eigenvalue weighted by atomic mass is 16.7. The molecule has 0 saturated carbocycles. The van der Waals surface area contributed by atoms with Gasteiger partial charge in [-0.2, -0.15) is 5.84 Å². The van der Waals surface area contributed by atoms with Crippen molar-refractivity contribution in [2.75, 3.05) is 0 Å². The van der Waals surface area contributed by atoms with Gasteiger partial charge in [0.1, 0.15) is 5.23 Å². The summed E-state index contributed by atoms with van der Waals surface area (Å²) in [7, 11) is 0. The van der Waals surface area contributed by atoms with E-state index in [0.29, 0.717) is 0 Å². The Morgan fingerprint density at radius 3 is 2.29 bits per heavy atom. The van der Waals surface area contributed by atoms with Crippen molar-refractivity contribution in [1.82, 2.24) is 5.23 Å². The molecule has 0 aliphatic heterocycles. The molecule has 0 rings (SSSR count). The first-order valence-electron chi connectivity index (χ1n) is 1.21. The molecule has 0 aliphatic rings. The van der Waals surface area contributed by atoms with E-state index in [1.165, 1.54) is 0 Å². The van der Waals surface area contributed by atoms with E-state index < -0.39 is 10.3 Å². The van der Waals surface area contributed by atoms with Crippen LogP contribution in [0.15, 0.2) is 5.29 Å². The molecule has 0 aromatic carbocycles. The quantitative estimate of drug-likeness (QED) is 0.211. The lowest BCUT2D eigenvalue weighted by Gasteiger charge is -1.91.